The monoisotopic (exact) mass is 253 g/mol. The maximum Gasteiger partial charge on any atom is 0.234 e. The molecule has 0 bridgehead atoms. The van der Waals surface area contributed by atoms with Gasteiger partial charge in [0.05, 0.1) is 6.54 Å². The summed E-state index contributed by atoms with van der Waals surface area (Å²) in [5.74, 6) is 0.167. The Morgan fingerprint density at radius 1 is 1.17 bits per heavy atom. The van der Waals surface area contributed by atoms with Crippen LogP contribution in [0.25, 0.3) is 0 Å². The van der Waals surface area contributed by atoms with Crippen LogP contribution < -0.4 is 10.6 Å². The SMILES string of the molecule is CN1CCCCC1CNCC(=O)NC1CCCC1. The van der Waals surface area contributed by atoms with Crippen molar-refractivity contribution >= 4 is 5.91 Å². The number of likely N-dealkylation sites (tertiary alicyclic amines) is 1. The Balaban J connectivity index is 1.57. The van der Waals surface area contributed by atoms with E-state index in [1.807, 2.05) is 0 Å². The second-order valence-corrected chi connectivity index (χ2v) is 5.81. The first kappa shape index (κ1) is 13.8. The van der Waals surface area contributed by atoms with Crippen molar-refractivity contribution in [3.05, 3.63) is 0 Å². The van der Waals surface area contributed by atoms with E-state index in [1.54, 1.807) is 0 Å². The normalized spacial score (nSPS) is 26.4. The number of likely N-dealkylation sites (N-methyl/N-ethyl adjacent to an activating group) is 1. The van der Waals surface area contributed by atoms with E-state index in [0.29, 0.717) is 18.6 Å². The molecule has 2 rings (SSSR count). The van der Waals surface area contributed by atoms with Gasteiger partial charge >= 0.3 is 0 Å². The highest BCUT2D eigenvalue weighted by atomic mass is 16.1. The van der Waals surface area contributed by atoms with E-state index >= 15 is 0 Å². The summed E-state index contributed by atoms with van der Waals surface area (Å²) in [6.45, 7) is 2.61. The molecular formula is C14H27N3O. The molecule has 1 heterocycles. The average molecular weight is 253 g/mol. The second kappa shape index (κ2) is 7.10. The smallest absolute Gasteiger partial charge is 0.234 e. The van der Waals surface area contributed by atoms with Gasteiger partial charge in [-0.3, -0.25) is 4.79 Å². The fourth-order valence-electron chi connectivity index (χ4n) is 3.10. The number of hydrogen-bond acceptors (Lipinski definition) is 3. The Morgan fingerprint density at radius 3 is 2.61 bits per heavy atom. The van der Waals surface area contributed by atoms with E-state index in [-0.39, 0.29) is 5.91 Å². The Bertz CT molecular complexity index is 264. The summed E-state index contributed by atoms with van der Waals surface area (Å²) in [7, 11) is 2.18. The molecule has 1 amide bonds. The lowest BCUT2D eigenvalue weighted by molar-refractivity contribution is -0.120. The maximum absolute atomic E-state index is 11.7. The van der Waals surface area contributed by atoms with Crippen LogP contribution in [-0.4, -0.2) is 49.6 Å². The van der Waals surface area contributed by atoms with Gasteiger partial charge in [0, 0.05) is 18.6 Å². The van der Waals surface area contributed by atoms with Crippen LogP contribution >= 0.6 is 0 Å². The first-order valence-corrected chi connectivity index (χ1v) is 7.46. The molecule has 1 unspecified atom stereocenters. The number of rotatable bonds is 5. The number of carbonyl (C=O) groups is 1. The summed E-state index contributed by atoms with van der Waals surface area (Å²) in [6, 6.07) is 1.05. The Hall–Kier alpha value is -0.610. The van der Waals surface area contributed by atoms with E-state index in [1.165, 1.54) is 38.6 Å². The summed E-state index contributed by atoms with van der Waals surface area (Å²) in [5, 5.41) is 6.42. The van der Waals surface area contributed by atoms with Gasteiger partial charge in [-0.2, -0.15) is 0 Å². The molecular weight excluding hydrogens is 226 g/mol. The lowest BCUT2D eigenvalue weighted by atomic mass is 10.0. The average Bonchev–Trinajstić information content (AvgIpc) is 2.84. The molecule has 1 atom stereocenters. The number of piperidine rings is 1. The molecule has 2 N–H and O–H groups in total. The number of nitrogens with one attached hydrogen (secondary N) is 2. The minimum Gasteiger partial charge on any atom is -0.352 e. The first-order chi connectivity index (χ1) is 8.75. The molecule has 2 fully saturated rings. The van der Waals surface area contributed by atoms with Gasteiger partial charge in [0.1, 0.15) is 0 Å². The van der Waals surface area contributed by atoms with Gasteiger partial charge < -0.3 is 15.5 Å². The van der Waals surface area contributed by atoms with Crippen molar-refractivity contribution in [3.63, 3.8) is 0 Å². The lowest BCUT2D eigenvalue weighted by Crippen LogP contribution is -2.46. The second-order valence-electron chi connectivity index (χ2n) is 5.81. The number of nitrogens with zero attached hydrogens (tertiary/aromatic N) is 1. The van der Waals surface area contributed by atoms with Crippen LogP contribution in [0.15, 0.2) is 0 Å². The standard InChI is InChI=1S/C14H27N3O/c1-17-9-5-4-8-13(17)10-15-11-14(18)16-12-6-2-3-7-12/h12-13,15H,2-11H2,1H3,(H,16,18). The zero-order valence-electron chi connectivity index (χ0n) is 11.6. The van der Waals surface area contributed by atoms with Gasteiger partial charge in [-0.15, -0.1) is 0 Å². The Morgan fingerprint density at radius 2 is 1.89 bits per heavy atom. The van der Waals surface area contributed by atoms with Gasteiger partial charge in [0.2, 0.25) is 5.91 Å². The van der Waals surface area contributed by atoms with Crippen molar-refractivity contribution in [1.29, 1.82) is 0 Å². The molecule has 4 nitrogen and oxygen atoms in total. The van der Waals surface area contributed by atoms with Crippen molar-refractivity contribution in [1.82, 2.24) is 15.5 Å². The van der Waals surface area contributed by atoms with E-state index in [0.717, 1.165) is 19.4 Å². The van der Waals surface area contributed by atoms with Crippen LogP contribution in [0, 0.1) is 0 Å². The highest BCUT2D eigenvalue weighted by Gasteiger charge is 2.19. The molecule has 104 valence electrons. The molecule has 0 aromatic carbocycles. The number of carbonyl (C=O) groups excluding carboxylic acids is 1. The quantitative estimate of drug-likeness (QED) is 0.772. The van der Waals surface area contributed by atoms with Gasteiger partial charge in [-0.05, 0) is 39.3 Å². The zero-order valence-corrected chi connectivity index (χ0v) is 11.6. The van der Waals surface area contributed by atoms with Crippen molar-refractivity contribution < 1.29 is 4.79 Å². The van der Waals surface area contributed by atoms with Gasteiger partial charge in [-0.1, -0.05) is 19.3 Å². The molecule has 4 heteroatoms. The number of hydrogen-bond donors (Lipinski definition) is 2. The van der Waals surface area contributed by atoms with Crippen LogP contribution in [0.4, 0.5) is 0 Å². The van der Waals surface area contributed by atoms with Crippen LogP contribution in [0.5, 0.6) is 0 Å². The molecule has 0 aromatic rings. The summed E-state index contributed by atoms with van der Waals surface area (Å²) in [5.41, 5.74) is 0. The van der Waals surface area contributed by atoms with E-state index in [9.17, 15) is 4.79 Å². The van der Waals surface area contributed by atoms with Crippen LogP contribution in [-0.2, 0) is 4.79 Å². The predicted octanol–water partition coefficient (Wildman–Crippen LogP) is 1.12. The summed E-state index contributed by atoms with van der Waals surface area (Å²) in [6.07, 6.45) is 8.76. The lowest BCUT2D eigenvalue weighted by Gasteiger charge is -2.32. The Kier molecular flexibility index (Phi) is 5.45. The van der Waals surface area contributed by atoms with E-state index in [4.69, 9.17) is 0 Å². The Labute approximate surface area is 110 Å². The predicted molar refractivity (Wildman–Crippen MR) is 73.5 cm³/mol. The molecule has 1 saturated heterocycles. The third-order valence-electron chi connectivity index (χ3n) is 4.31. The summed E-state index contributed by atoms with van der Waals surface area (Å²) in [4.78, 5) is 14.1. The van der Waals surface area contributed by atoms with E-state index < -0.39 is 0 Å². The van der Waals surface area contributed by atoms with E-state index in [2.05, 4.69) is 22.6 Å². The third kappa shape index (κ3) is 4.25. The first-order valence-electron chi connectivity index (χ1n) is 7.46. The van der Waals surface area contributed by atoms with Gasteiger partial charge in [0.15, 0.2) is 0 Å². The molecule has 1 saturated carbocycles. The van der Waals surface area contributed by atoms with Crippen LogP contribution in [0.3, 0.4) is 0 Å². The third-order valence-corrected chi connectivity index (χ3v) is 4.31. The van der Waals surface area contributed by atoms with Crippen LogP contribution in [0.2, 0.25) is 0 Å². The van der Waals surface area contributed by atoms with Crippen LogP contribution in [0.1, 0.15) is 44.9 Å². The number of amides is 1. The van der Waals surface area contributed by atoms with Crippen molar-refractivity contribution in [2.24, 2.45) is 0 Å². The minimum atomic E-state index is 0.167. The van der Waals surface area contributed by atoms with Crippen molar-refractivity contribution in [2.45, 2.75) is 57.0 Å². The fraction of sp³-hybridized carbons (Fsp3) is 0.929. The summed E-state index contributed by atoms with van der Waals surface area (Å²) < 4.78 is 0. The highest BCUT2D eigenvalue weighted by molar-refractivity contribution is 5.78. The fourth-order valence-corrected chi connectivity index (χ4v) is 3.10. The molecule has 18 heavy (non-hydrogen) atoms. The molecule has 0 aromatic heterocycles. The topological polar surface area (TPSA) is 44.4 Å². The van der Waals surface area contributed by atoms with Gasteiger partial charge in [0.25, 0.3) is 0 Å². The highest BCUT2D eigenvalue weighted by Crippen LogP contribution is 2.17. The molecule has 0 radical (unpaired) electrons. The van der Waals surface area contributed by atoms with Crippen molar-refractivity contribution in [2.75, 3.05) is 26.7 Å². The molecule has 1 aliphatic carbocycles. The van der Waals surface area contributed by atoms with Gasteiger partial charge in [-0.25, -0.2) is 0 Å². The zero-order chi connectivity index (χ0) is 12.8. The maximum atomic E-state index is 11.7. The minimum absolute atomic E-state index is 0.167. The molecule has 1 aliphatic heterocycles. The largest absolute Gasteiger partial charge is 0.352 e. The molecule has 2 aliphatic rings. The molecule has 0 spiro atoms. The summed E-state index contributed by atoms with van der Waals surface area (Å²) >= 11 is 0. The van der Waals surface area contributed by atoms with Crippen molar-refractivity contribution in [3.8, 4) is 0 Å².